The van der Waals surface area contributed by atoms with Gasteiger partial charge in [-0.3, -0.25) is 0 Å². The van der Waals surface area contributed by atoms with E-state index in [9.17, 15) is 0 Å². The lowest BCUT2D eigenvalue weighted by Crippen LogP contribution is -1.95. The van der Waals surface area contributed by atoms with E-state index in [1.54, 1.807) is 4.52 Å². The van der Waals surface area contributed by atoms with Gasteiger partial charge < -0.3 is 9.47 Å². The van der Waals surface area contributed by atoms with Crippen molar-refractivity contribution in [2.45, 2.75) is 0 Å². The van der Waals surface area contributed by atoms with Crippen LogP contribution in [0, 0.1) is 0 Å². The van der Waals surface area contributed by atoms with Crippen molar-refractivity contribution in [3.05, 3.63) is 48.7 Å². The van der Waals surface area contributed by atoms with Crippen LogP contribution in [0.1, 0.15) is 0 Å². The predicted molar refractivity (Wildman–Crippen MR) is 79.8 cm³/mol. The maximum atomic E-state index is 5.42. The molecule has 1 aliphatic heterocycles. The second-order valence-corrected chi connectivity index (χ2v) is 5.06. The normalized spacial score (nSPS) is 13.1. The van der Waals surface area contributed by atoms with Crippen LogP contribution in [0.4, 0.5) is 0 Å². The van der Waals surface area contributed by atoms with Crippen LogP contribution in [0.15, 0.2) is 48.7 Å². The molecule has 0 saturated carbocycles. The van der Waals surface area contributed by atoms with Gasteiger partial charge in [-0.2, -0.15) is 9.61 Å². The molecule has 6 heteroatoms. The van der Waals surface area contributed by atoms with Crippen molar-refractivity contribution in [2.75, 3.05) is 6.79 Å². The van der Waals surface area contributed by atoms with Crippen LogP contribution in [-0.4, -0.2) is 26.6 Å². The van der Waals surface area contributed by atoms with Gasteiger partial charge in [-0.1, -0.05) is 24.3 Å². The van der Waals surface area contributed by atoms with E-state index in [0.717, 1.165) is 33.5 Å². The molecule has 0 atom stereocenters. The van der Waals surface area contributed by atoms with E-state index in [4.69, 9.17) is 9.47 Å². The molecule has 0 spiro atoms. The molecule has 3 heterocycles. The SMILES string of the molecule is c1ccc2c(c1)cnn1c(-c3ccc4c(c3)OCO4)nnc21. The maximum absolute atomic E-state index is 5.42. The highest BCUT2D eigenvalue weighted by Crippen LogP contribution is 2.35. The molecule has 2 aromatic heterocycles. The fourth-order valence-electron chi connectivity index (χ4n) is 2.71. The van der Waals surface area contributed by atoms with E-state index < -0.39 is 0 Å². The van der Waals surface area contributed by atoms with Crippen molar-refractivity contribution < 1.29 is 9.47 Å². The Hall–Kier alpha value is -3.15. The van der Waals surface area contributed by atoms with Gasteiger partial charge in [-0.15, -0.1) is 10.2 Å². The molecule has 0 amide bonds. The molecule has 5 rings (SSSR count). The smallest absolute Gasteiger partial charge is 0.231 e. The quantitative estimate of drug-likeness (QED) is 0.539. The molecule has 0 N–H and O–H groups in total. The summed E-state index contributed by atoms with van der Waals surface area (Å²) in [4.78, 5) is 0. The van der Waals surface area contributed by atoms with Crippen LogP contribution >= 0.6 is 0 Å². The van der Waals surface area contributed by atoms with Crippen molar-refractivity contribution in [1.82, 2.24) is 19.8 Å². The predicted octanol–water partition coefficient (Wildman–Crippen LogP) is 2.67. The van der Waals surface area contributed by atoms with Gasteiger partial charge in [0.2, 0.25) is 6.79 Å². The van der Waals surface area contributed by atoms with Crippen molar-refractivity contribution in [1.29, 1.82) is 0 Å². The zero-order valence-corrected chi connectivity index (χ0v) is 11.4. The van der Waals surface area contributed by atoms with Gasteiger partial charge in [0.15, 0.2) is 23.0 Å². The minimum atomic E-state index is 0.252. The minimum absolute atomic E-state index is 0.252. The Bertz CT molecular complexity index is 1030. The standard InChI is InChI=1S/C16H10N4O2/c1-2-4-12-11(3-1)8-17-20-15(18-19-16(12)20)10-5-6-13-14(7-10)22-9-21-13/h1-8H,9H2. The van der Waals surface area contributed by atoms with E-state index in [2.05, 4.69) is 15.3 Å². The number of hydrogen-bond acceptors (Lipinski definition) is 5. The third-order valence-electron chi connectivity index (χ3n) is 3.79. The molecular weight excluding hydrogens is 280 g/mol. The van der Waals surface area contributed by atoms with Gasteiger partial charge in [-0.05, 0) is 18.2 Å². The fraction of sp³-hybridized carbons (Fsp3) is 0.0625. The molecule has 6 nitrogen and oxygen atoms in total. The molecule has 0 radical (unpaired) electrons. The third kappa shape index (κ3) is 1.52. The molecule has 0 saturated heterocycles. The summed E-state index contributed by atoms with van der Waals surface area (Å²) in [5, 5.41) is 15.1. The molecule has 106 valence electrons. The van der Waals surface area contributed by atoms with E-state index >= 15 is 0 Å². The monoisotopic (exact) mass is 290 g/mol. The summed E-state index contributed by atoms with van der Waals surface area (Å²) < 4.78 is 12.5. The van der Waals surface area contributed by atoms with Crippen LogP contribution < -0.4 is 9.47 Å². The lowest BCUT2D eigenvalue weighted by Gasteiger charge is -2.02. The Kier molecular flexibility index (Phi) is 2.18. The average molecular weight is 290 g/mol. The van der Waals surface area contributed by atoms with Crippen LogP contribution in [0.2, 0.25) is 0 Å². The Morgan fingerprint density at radius 2 is 1.86 bits per heavy atom. The van der Waals surface area contributed by atoms with Gasteiger partial charge >= 0.3 is 0 Å². The minimum Gasteiger partial charge on any atom is -0.454 e. The van der Waals surface area contributed by atoms with E-state index in [-0.39, 0.29) is 6.79 Å². The molecule has 0 fully saturated rings. The second-order valence-electron chi connectivity index (χ2n) is 5.06. The first-order valence-electron chi connectivity index (χ1n) is 6.89. The number of benzene rings is 2. The van der Waals surface area contributed by atoms with E-state index in [1.165, 1.54) is 0 Å². The summed E-state index contributed by atoms with van der Waals surface area (Å²) in [6.07, 6.45) is 1.82. The van der Waals surface area contributed by atoms with Crippen molar-refractivity contribution in [3.63, 3.8) is 0 Å². The number of nitrogens with zero attached hydrogens (tertiary/aromatic N) is 4. The first-order chi connectivity index (χ1) is 10.9. The summed E-state index contributed by atoms with van der Waals surface area (Å²) in [6.45, 7) is 0.252. The summed E-state index contributed by atoms with van der Waals surface area (Å²) in [7, 11) is 0. The first kappa shape index (κ1) is 11.5. The molecule has 0 unspecified atom stereocenters. The highest BCUT2D eigenvalue weighted by molar-refractivity contribution is 5.93. The van der Waals surface area contributed by atoms with Gasteiger partial charge in [0, 0.05) is 16.3 Å². The van der Waals surface area contributed by atoms with E-state index in [0.29, 0.717) is 5.82 Å². The van der Waals surface area contributed by atoms with Gasteiger partial charge in [0.1, 0.15) is 0 Å². The summed E-state index contributed by atoms with van der Waals surface area (Å²) in [6, 6.07) is 13.7. The maximum Gasteiger partial charge on any atom is 0.231 e. The van der Waals surface area contributed by atoms with Gasteiger partial charge in [-0.25, -0.2) is 0 Å². The Balaban J connectivity index is 1.77. The van der Waals surface area contributed by atoms with Gasteiger partial charge in [0.25, 0.3) is 0 Å². The van der Waals surface area contributed by atoms with Gasteiger partial charge in [0.05, 0.1) is 6.20 Å². The fourth-order valence-corrected chi connectivity index (χ4v) is 2.71. The molecule has 2 aromatic carbocycles. The topological polar surface area (TPSA) is 61.5 Å². The molecule has 4 aromatic rings. The van der Waals surface area contributed by atoms with Crippen molar-refractivity contribution >= 4 is 16.4 Å². The summed E-state index contributed by atoms with van der Waals surface area (Å²) in [5.74, 6) is 2.14. The number of fused-ring (bicyclic) bond motifs is 4. The lowest BCUT2D eigenvalue weighted by molar-refractivity contribution is 0.174. The first-order valence-corrected chi connectivity index (χ1v) is 6.89. The molecule has 22 heavy (non-hydrogen) atoms. The summed E-state index contributed by atoms with van der Waals surface area (Å²) >= 11 is 0. The Labute approximate surface area is 124 Å². The van der Waals surface area contributed by atoms with Crippen molar-refractivity contribution in [3.8, 4) is 22.9 Å². The summed E-state index contributed by atoms with van der Waals surface area (Å²) in [5.41, 5.74) is 1.63. The lowest BCUT2D eigenvalue weighted by atomic mass is 10.2. The Morgan fingerprint density at radius 3 is 2.86 bits per heavy atom. The zero-order valence-electron chi connectivity index (χ0n) is 11.4. The van der Waals surface area contributed by atoms with Crippen LogP contribution in [0.5, 0.6) is 11.5 Å². The number of aromatic nitrogens is 4. The second kappa shape index (κ2) is 4.17. The highest BCUT2D eigenvalue weighted by Gasteiger charge is 2.17. The average Bonchev–Trinajstić information content (AvgIpc) is 3.20. The Morgan fingerprint density at radius 1 is 0.955 bits per heavy atom. The van der Waals surface area contributed by atoms with Crippen LogP contribution in [0.25, 0.3) is 27.8 Å². The third-order valence-corrected chi connectivity index (χ3v) is 3.79. The largest absolute Gasteiger partial charge is 0.454 e. The number of rotatable bonds is 1. The highest BCUT2D eigenvalue weighted by atomic mass is 16.7. The number of hydrogen-bond donors (Lipinski definition) is 0. The zero-order chi connectivity index (χ0) is 14.5. The molecule has 0 aliphatic carbocycles. The molecular formula is C16H10N4O2. The molecule has 0 bridgehead atoms. The molecule has 1 aliphatic rings. The van der Waals surface area contributed by atoms with E-state index in [1.807, 2.05) is 48.7 Å². The van der Waals surface area contributed by atoms with Crippen LogP contribution in [-0.2, 0) is 0 Å². The number of ether oxygens (including phenoxy) is 2. The van der Waals surface area contributed by atoms with Crippen LogP contribution in [0.3, 0.4) is 0 Å². The van der Waals surface area contributed by atoms with Crippen molar-refractivity contribution in [2.24, 2.45) is 0 Å².